The van der Waals surface area contributed by atoms with E-state index in [1.54, 1.807) is 37.1 Å². The quantitative estimate of drug-likeness (QED) is 0.355. The van der Waals surface area contributed by atoms with E-state index >= 15 is 0 Å². The molecular weight excluding hydrogens is 444 g/mol. The molecule has 1 atom stereocenters. The van der Waals surface area contributed by atoms with Crippen molar-refractivity contribution >= 4 is 23.3 Å². The molecule has 0 spiro atoms. The lowest BCUT2D eigenvalue weighted by Crippen LogP contribution is -2.43. The summed E-state index contributed by atoms with van der Waals surface area (Å²) in [6.45, 7) is 2.09. The van der Waals surface area contributed by atoms with E-state index in [-0.39, 0.29) is 11.9 Å². The number of fused-ring (bicyclic) bond motifs is 1. The zero-order chi connectivity index (χ0) is 24.4. The standard InChI is InChI=1S/C28H24N2O5/c1-3-34-28(32)19-14-12-18(13-15-19)23-16-17-25(35-23)26-29-21-9-5-4-8-20(21)27(31)30(26)22-10-6-7-11-24(22)33-2/h4-17,26,29H,3H2,1-2H3. The number of esters is 1. The Kier molecular flexibility index (Phi) is 5.97. The first-order valence-electron chi connectivity index (χ1n) is 11.3. The van der Waals surface area contributed by atoms with Crippen LogP contribution in [0.2, 0.25) is 0 Å². The van der Waals surface area contributed by atoms with Crippen LogP contribution in [-0.4, -0.2) is 25.6 Å². The topological polar surface area (TPSA) is 81.0 Å². The molecule has 0 aliphatic carbocycles. The number of para-hydroxylation sites is 3. The van der Waals surface area contributed by atoms with Gasteiger partial charge in [0.05, 0.1) is 30.5 Å². The fraction of sp³-hybridized carbons (Fsp3) is 0.143. The number of methoxy groups -OCH3 is 1. The molecule has 5 rings (SSSR count). The Hall–Kier alpha value is -4.52. The first kappa shape index (κ1) is 22.3. The average molecular weight is 469 g/mol. The molecule has 1 amide bonds. The van der Waals surface area contributed by atoms with Crippen LogP contribution in [0.4, 0.5) is 11.4 Å². The molecule has 1 N–H and O–H groups in total. The van der Waals surface area contributed by atoms with Crippen molar-refractivity contribution in [2.24, 2.45) is 0 Å². The van der Waals surface area contributed by atoms with Crippen LogP contribution in [0.3, 0.4) is 0 Å². The lowest BCUT2D eigenvalue weighted by Gasteiger charge is -2.37. The highest BCUT2D eigenvalue weighted by molar-refractivity contribution is 6.12. The van der Waals surface area contributed by atoms with Crippen molar-refractivity contribution in [2.75, 3.05) is 23.9 Å². The van der Waals surface area contributed by atoms with Crippen LogP contribution in [0.15, 0.2) is 89.3 Å². The first-order valence-corrected chi connectivity index (χ1v) is 11.3. The smallest absolute Gasteiger partial charge is 0.338 e. The number of nitrogens with one attached hydrogen (secondary N) is 1. The molecule has 1 aliphatic heterocycles. The van der Waals surface area contributed by atoms with Crippen LogP contribution >= 0.6 is 0 Å². The minimum absolute atomic E-state index is 0.161. The molecule has 0 bridgehead atoms. The second-order valence-electron chi connectivity index (χ2n) is 7.94. The molecule has 0 fully saturated rings. The highest BCUT2D eigenvalue weighted by Crippen LogP contribution is 2.41. The zero-order valence-electron chi connectivity index (χ0n) is 19.4. The Morgan fingerprint density at radius 3 is 2.49 bits per heavy atom. The number of nitrogens with zero attached hydrogens (tertiary/aromatic N) is 1. The summed E-state index contributed by atoms with van der Waals surface area (Å²) in [6.07, 6.45) is -0.596. The molecule has 1 aliphatic rings. The number of carbonyl (C=O) groups excluding carboxylic acids is 2. The van der Waals surface area contributed by atoms with Crippen molar-refractivity contribution in [3.8, 4) is 17.1 Å². The SMILES string of the molecule is CCOC(=O)c1ccc(-c2ccc(C3Nc4ccccc4C(=O)N3c3ccccc3OC)o2)cc1. The Bertz CT molecular complexity index is 1380. The molecule has 2 heterocycles. The summed E-state index contributed by atoms with van der Waals surface area (Å²) in [5.41, 5.74) is 3.20. The summed E-state index contributed by atoms with van der Waals surface area (Å²) >= 11 is 0. The molecule has 0 saturated heterocycles. The van der Waals surface area contributed by atoms with Gasteiger partial charge in [0.2, 0.25) is 0 Å². The first-order chi connectivity index (χ1) is 17.1. The number of amides is 1. The number of furan rings is 1. The van der Waals surface area contributed by atoms with E-state index in [0.717, 1.165) is 11.3 Å². The van der Waals surface area contributed by atoms with E-state index in [9.17, 15) is 9.59 Å². The number of hydrogen-bond acceptors (Lipinski definition) is 6. The summed E-state index contributed by atoms with van der Waals surface area (Å²) in [6, 6.07) is 25.5. The number of rotatable bonds is 6. The predicted octanol–water partition coefficient (Wildman–Crippen LogP) is 5.90. The Balaban J connectivity index is 1.53. The maximum absolute atomic E-state index is 13.6. The maximum atomic E-state index is 13.6. The minimum atomic E-state index is -0.596. The fourth-order valence-corrected chi connectivity index (χ4v) is 4.17. The number of anilines is 2. The monoisotopic (exact) mass is 468 g/mol. The van der Waals surface area contributed by atoms with Crippen LogP contribution in [0.1, 0.15) is 39.6 Å². The van der Waals surface area contributed by atoms with Crippen molar-refractivity contribution in [3.63, 3.8) is 0 Å². The second kappa shape index (κ2) is 9.38. The van der Waals surface area contributed by atoms with Gasteiger partial charge in [-0.2, -0.15) is 0 Å². The van der Waals surface area contributed by atoms with Gasteiger partial charge in [-0.3, -0.25) is 9.69 Å². The molecular formula is C28H24N2O5. The summed E-state index contributed by atoms with van der Waals surface area (Å²) in [5.74, 6) is 1.22. The Labute approximate surface area is 202 Å². The maximum Gasteiger partial charge on any atom is 0.338 e. The zero-order valence-corrected chi connectivity index (χ0v) is 19.4. The highest BCUT2D eigenvalue weighted by atomic mass is 16.5. The minimum Gasteiger partial charge on any atom is -0.495 e. The van der Waals surface area contributed by atoms with Gasteiger partial charge in [0, 0.05) is 11.3 Å². The molecule has 1 unspecified atom stereocenters. The van der Waals surface area contributed by atoms with Crippen LogP contribution < -0.4 is 15.0 Å². The molecule has 4 aromatic rings. The number of hydrogen-bond donors (Lipinski definition) is 1. The highest BCUT2D eigenvalue weighted by Gasteiger charge is 2.37. The van der Waals surface area contributed by atoms with Gasteiger partial charge in [0.15, 0.2) is 6.17 Å². The van der Waals surface area contributed by atoms with Gasteiger partial charge in [-0.15, -0.1) is 0 Å². The molecule has 1 aromatic heterocycles. The fourth-order valence-electron chi connectivity index (χ4n) is 4.17. The molecule has 3 aromatic carbocycles. The van der Waals surface area contributed by atoms with Crippen molar-refractivity contribution in [1.82, 2.24) is 0 Å². The van der Waals surface area contributed by atoms with E-state index in [4.69, 9.17) is 13.9 Å². The third-order valence-electron chi connectivity index (χ3n) is 5.85. The van der Waals surface area contributed by atoms with Gasteiger partial charge in [0.1, 0.15) is 17.3 Å². The predicted molar refractivity (Wildman–Crippen MR) is 133 cm³/mol. The van der Waals surface area contributed by atoms with Gasteiger partial charge >= 0.3 is 5.97 Å². The van der Waals surface area contributed by atoms with Crippen LogP contribution in [-0.2, 0) is 4.74 Å². The number of ether oxygens (including phenoxy) is 2. The lowest BCUT2D eigenvalue weighted by molar-refractivity contribution is 0.0526. The molecule has 0 radical (unpaired) electrons. The van der Waals surface area contributed by atoms with E-state index in [0.29, 0.717) is 40.7 Å². The normalized spacial score (nSPS) is 14.7. The average Bonchev–Trinajstić information content (AvgIpc) is 3.39. The van der Waals surface area contributed by atoms with Crippen LogP contribution in [0, 0.1) is 0 Å². The largest absolute Gasteiger partial charge is 0.495 e. The number of benzene rings is 3. The summed E-state index contributed by atoms with van der Waals surface area (Å²) in [4.78, 5) is 27.2. The Morgan fingerprint density at radius 1 is 0.971 bits per heavy atom. The van der Waals surface area contributed by atoms with E-state index in [1.165, 1.54) is 0 Å². The van der Waals surface area contributed by atoms with Gasteiger partial charge in [-0.1, -0.05) is 36.4 Å². The van der Waals surface area contributed by atoms with Gasteiger partial charge < -0.3 is 19.2 Å². The summed E-state index contributed by atoms with van der Waals surface area (Å²) in [7, 11) is 1.58. The summed E-state index contributed by atoms with van der Waals surface area (Å²) < 4.78 is 16.8. The summed E-state index contributed by atoms with van der Waals surface area (Å²) in [5, 5.41) is 3.44. The van der Waals surface area contributed by atoms with Gasteiger partial charge in [-0.05, 0) is 55.5 Å². The van der Waals surface area contributed by atoms with Crippen molar-refractivity contribution in [3.05, 3.63) is 102 Å². The molecule has 176 valence electrons. The Morgan fingerprint density at radius 2 is 1.71 bits per heavy atom. The molecule has 0 saturated carbocycles. The van der Waals surface area contributed by atoms with Crippen molar-refractivity contribution in [2.45, 2.75) is 13.1 Å². The van der Waals surface area contributed by atoms with Crippen LogP contribution in [0.25, 0.3) is 11.3 Å². The molecule has 35 heavy (non-hydrogen) atoms. The molecule has 7 heteroatoms. The third kappa shape index (κ3) is 4.12. The van der Waals surface area contributed by atoms with Crippen molar-refractivity contribution < 1.29 is 23.5 Å². The third-order valence-corrected chi connectivity index (χ3v) is 5.85. The van der Waals surface area contributed by atoms with E-state index in [1.807, 2.05) is 66.7 Å². The van der Waals surface area contributed by atoms with E-state index in [2.05, 4.69) is 5.32 Å². The van der Waals surface area contributed by atoms with Gasteiger partial charge in [-0.25, -0.2) is 4.79 Å². The van der Waals surface area contributed by atoms with E-state index < -0.39 is 6.17 Å². The molecule has 7 nitrogen and oxygen atoms in total. The van der Waals surface area contributed by atoms with Crippen LogP contribution in [0.5, 0.6) is 5.75 Å². The second-order valence-corrected chi connectivity index (χ2v) is 7.94. The van der Waals surface area contributed by atoms with Crippen molar-refractivity contribution in [1.29, 1.82) is 0 Å². The number of carbonyl (C=O) groups is 2. The lowest BCUT2D eigenvalue weighted by atomic mass is 10.1. The van der Waals surface area contributed by atoms with Gasteiger partial charge in [0.25, 0.3) is 5.91 Å².